The van der Waals surface area contributed by atoms with Crippen molar-refractivity contribution < 1.29 is 14.5 Å². The maximum Gasteiger partial charge on any atom is 0.311 e. The van der Waals surface area contributed by atoms with Crippen LogP contribution in [0.1, 0.15) is 10.4 Å². The van der Waals surface area contributed by atoms with Crippen molar-refractivity contribution in [2.24, 2.45) is 5.73 Å². The Kier molecular flexibility index (Phi) is 4.38. The number of benzene rings is 1. The fourth-order valence-electron chi connectivity index (χ4n) is 1.16. The molecule has 1 rings (SSSR count). The van der Waals surface area contributed by atoms with E-state index in [1.54, 1.807) is 0 Å². The van der Waals surface area contributed by atoms with Gasteiger partial charge in [-0.05, 0) is 24.4 Å². The maximum atomic E-state index is 11.6. The van der Waals surface area contributed by atoms with E-state index in [9.17, 15) is 14.9 Å². The summed E-state index contributed by atoms with van der Waals surface area (Å²) in [6.45, 7) is 0. The van der Waals surface area contributed by atoms with E-state index in [-0.39, 0.29) is 22.1 Å². The second kappa shape index (κ2) is 5.77. The normalized spacial score (nSPS) is 9.39. The molecule has 9 heteroatoms. The summed E-state index contributed by atoms with van der Waals surface area (Å²) in [6.07, 6.45) is 0. The first-order valence-corrected chi connectivity index (χ1v) is 5.04. The molecule has 0 radical (unpaired) electrons. The molecule has 1 aromatic rings. The van der Waals surface area contributed by atoms with Gasteiger partial charge in [0.15, 0.2) is 10.9 Å². The van der Waals surface area contributed by atoms with E-state index in [0.29, 0.717) is 0 Å². The molecule has 4 N–H and O–H groups in total. The topological polar surface area (TPSA) is 120 Å². The molecule has 0 aromatic heterocycles. The molecule has 0 saturated carbocycles. The number of nitro benzene ring substituents is 1. The third-order valence-electron chi connectivity index (χ3n) is 1.94. The lowest BCUT2D eigenvalue weighted by molar-refractivity contribution is -0.385. The van der Waals surface area contributed by atoms with E-state index < -0.39 is 10.8 Å². The first-order chi connectivity index (χ1) is 8.45. The van der Waals surface area contributed by atoms with Gasteiger partial charge in [-0.1, -0.05) is 0 Å². The second-order valence-corrected chi connectivity index (χ2v) is 3.53. The lowest BCUT2D eigenvalue weighted by Crippen LogP contribution is -2.44. The van der Waals surface area contributed by atoms with Crippen LogP contribution in [0.15, 0.2) is 18.2 Å². The Labute approximate surface area is 107 Å². The van der Waals surface area contributed by atoms with Gasteiger partial charge in [0.2, 0.25) is 0 Å². The molecule has 1 aromatic carbocycles. The van der Waals surface area contributed by atoms with Crippen LogP contribution in [0.4, 0.5) is 5.69 Å². The van der Waals surface area contributed by atoms with E-state index in [4.69, 9.17) is 10.5 Å². The predicted molar refractivity (Wildman–Crippen MR) is 67.0 cm³/mol. The van der Waals surface area contributed by atoms with Gasteiger partial charge in [-0.15, -0.1) is 0 Å². The zero-order valence-electron chi connectivity index (χ0n) is 9.30. The Balaban J connectivity index is 2.97. The van der Waals surface area contributed by atoms with Crippen LogP contribution in [-0.2, 0) is 0 Å². The summed E-state index contributed by atoms with van der Waals surface area (Å²) in [4.78, 5) is 21.7. The monoisotopic (exact) mass is 270 g/mol. The summed E-state index contributed by atoms with van der Waals surface area (Å²) < 4.78 is 4.81. The van der Waals surface area contributed by atoms with E-state index in [1.807, 2.05) is 0 Å². The summed E-state index contributed by atoms with van der Waals surface area (Å²) in [6, 6.07) is 3.80. The van der Waals surface area contributed by atoms with Crippen LogP contribution in [0.5, 0.6) is 5.75 Å². The minimum absolute atomic E-state index is 0.0684. The van der Waals surface area contributed by atoms with Gasteiger partial charge in [-0.25, -0.2) is 0 Å². The third kappa shape index (κ3) is 3.28. The van der Waals surface area contributed by atoms with Crippen molar-refractivity contribution in [2.75, 3.05) is 7.11 Å². The van der Waals surface area contributed by atoms with E-state index in [2.05, 4.69) is 23.1 Å². The molecule has 0 aliphatic carbocycles. The molecule has 0 aliphatic rings. The van der Waals surface area contributed by atoms with Gasteiger partial charge in [0.1, 0.15) is 0 Å². The minimum atomic E-state index is -0.642. The second-order valence-electron chi connectivity index (χ2n) is 3.09. The Morgan fingerprint density at radius 2 is 2.17 bits per heavy atom. The molecule has 0 atom stereocenters. The van der Waals surface area contributed by atoms with E-state index in [1.165, 1.54) is 19.2 Å². The van der Waals surface area contributed by atoms with E-state index >= 15 is 0 Å². The van der Waals surface area contributed by atoms with Crippen molar-refractivity contribution in [3.63, 3.8) is 0 Å². The molecule has 0 saturated heterocycles. The number of carbonyl (C=O) groups excluding carboxylic acids is 1. The van der Waals surface area contributed by atoms with Crippen molar-refractivity contribution >= 4 is 28.9 Å². The number of hydrazine groups is 1. The van der Waals surface area contributed by atoms with Crippen molar-refractivity contribution in [3.8, 4) is 5.75 Å². The summed E-state index contributed by atoms with van der Waals surface area (Å²) in [5.41, 5.74) is 9.30. The van der Waals surface area contributed by atoms with Gasteiger partial charge in [-0.3, -0.25) is 25.8 Å². The van der Waals surface area contributed by atoms with Crippen molar-refractivity contribution in [1.82, 2.24) is 10.9 Å². The highest BCUT2D eigenvalue weighted by Gasteiger charge is 2.17. The van der Waals surface area contributed by atoms with Crippen LogP contribution in [0.3, 0.4) is 0 Å². The molecule has 0 aliphatic heterocycles. The molecule has 8 nitrogen and oxygen atoms in total. The highest BCUT2D eigenvalue weighted by molar-refractivity contribution is 7.80. The zero-order valence-corrected chi connectivity index (χ0v) is 10.1. The lowest BCUT2D eigenvalue weighted by atomic mass is 10.2. The highest BCUT2D eigenvalue weighted by atomic mass is 32.1. The molecule has 0 fully saturated rings. The molecule has 18 heavy (non-hydrogen) atoms. The number of nitro groups is 1. The fraction of sp³-hybridized carbons (Fsp3) is 0.111. The van der Waals surface area contributed by atoms with Gasteiger partial charge in [0.05, 0.1) is 12.0 Å². The summed E-state index contributed by atoms with van der Waals surface area (Å²) in [5.74, 6) is -0.535. The fourth-order valence-corrected chi connectivity index (χ4v) is 1.22. The maximum absolute atomic E-state index is 11.6. The average molecular weight is 270 g/mol. The van der Waals surface area contributed by atoms with Gasteiger partial charge in [-0.2, -0.15) is 0 Å². The molecule has 0 spiro atoms. The lowest BCUT2D eigenvalue weighted by Gasteiger charge is -2.07. The number of thiocarbonyl (C=S) groups is 1. The Morgan fingerprint density at radius 3 is 2.67 bits per heavy atom. The Morgan fingerprint density at radius 1 is 1.50 bits per heavy atom. The van der Waals surface area contributed by atoms with Crippen molar-refractivity contribution in [2.45, 2.75) is 0 Å². The van der Waals surface area contributed by atoms with Crippen LogP contribution in [0.2, 0.25) is 0 Å². The third-order valence-corrected chi connectivity index (χ3v) is 2.04. The first-order valence-electron chi connectivity index (χ1n) is 4.64. The molecule has 0 bridgehead atoms. The molecule has 1 amide bonds. The number of methoxy groups -OCH3 is 1. The number of amides is 1. The minimum Gasteiger partial charge on any atom is -0.490 e. The number of hydrogen-bond donors (Lipinski definition) is 3. The average Bonchev–Trinajstić information content (AvgIpc) is 2.34. The summed E-state index contributed by atoms with van der Waals surface area (Å²) in [5, 5.41) is 10.6. The standard InChI is InChI=1S/C9H10N4O4S/c1-17-7-3-2-5(4-6(7)13(15)16)8(14)11-12-9(10)18/h2-4H,1H3,(H,11,14)(H3,10,12,18). The van der Waals surface area contributed by atoms with Gasteiger partial charge < -0.3 is 10.5 Å². The van der Waals surface area contributed by atoms with Gasteiger partial charge in [0, 0.05) is 11.6 Å². The number of ether oxygens (including phenoxy) is 1. The summed E-state index contributed by atoms with van der Waals surface area (Å²) >= 11 is 4.49. The summed E-state index contributed by atoms with van der Waals surface area (Å²) in [7, 11) is 1.30. The Hall–Kier alpha value is -2.42. The number of carbonyl (C=O) groups is 1. The van der Waals surface area contributed by atoms with Gasteiger partial charge in [0.25, 0.3) is 5.91 Å². The predicted octanol–water partition coefficient (Wildman–Crippen LogP) is 0.0814. The Bertz CT molecular complexity index is 505. The molecule has 0 heterocycles. The molecule has 96 valence electrons. The van der Waals surface area contributed by atoms with E-state index in [0.717, 1.165) is 6.07 Å². The number of nitrogens with two attached hydrogens (primary N) is 1. The quantitative estimate of drug-likeness (QED) is 0.404. The SMILES string of the molecule is COc1ccc(C(=O)NNC(N)=S)cc1[N+](=O)[O-]. The number of hydrogen-bond acceptors (Lipinski definition) is 5. The van der Waals surface area contributed by atoms with Crippen LogP contribution in [0.25, 0.3) is 0 Å². The number of nitrogens with one attached hydrogen (secondary N) is 2. The van der Waals surface area contributed by atoms with Crippen LogP contribution in [0, 0.1) is 10.1 Å². The zero-order chi connectivity index (χ0) is 13.7. The van der Waals surface area contributed by atoms with Crippen LogP contribution < -0.4 is 21.3 Å². The largest absolute Gasteiger partial charge is 0.490 e. The molecule has 0 unspecified atom stereocenters. The number of nitrogens with zero attached hydrogens (tertiary/aromatic N) is 1. The van der Waals surface area contributed by atoms with Crippen LogP contribution in [-0.4, -0.2) is 23.1 Å². The van der Waals surface area contributed by atoms with Gasteiger partial charge >= 0.3 is 5.69 Å². The van der Waals surface area contributed by atoms with Crippen LogP contribution >= 0.6 is 12.2 Å². The first kappa shape index (κ1) is 13.6. The smallest absolute Gasteiger partial charge is 0.311 e. The van der Waals surface area contributed by atoms with Crippen molar-refractivity contribution in [1.29, 1.82) is 0 Å². The molecular weight excluding hydrogens is 260 g/mol. The molecular formula is C9H10N4O4S. The number of rotatable bonds is 3. The van der Waals surface area contributed by atoms with Crippen molar-refractivity contribution in [3.05, 3.63) is 33.9 Å². The highest BCUT2D eigenvalue weighted by Crippen LogP contribution is 2.27.